The van der Waals surface area contributed by atoms with Gasteiger partial charge in [-0.1, -0.05) is 18.2 Å². The molecular weight excluding hydrogens is 458 g/mol. The molecule has 0 radical (unpaired) electrons. The molecule has 186 valence electrons. The van der Waals surface area contributed by atoms with E-state index < -0.39 is 0 Å². The van der Waals surface area contributed by atoms with E-state index >= 15 is 0 Å². The highest BCUT2D eigenvalue weighted by Gasteiger charge is 2.20. The molecule has 3 rings (SSSR count). The van der Waals surface area contributed by atoms with E-state index in [-0.39, 0.29) is 17.4 Å². The van der Waals surface area contributed by atoms with E-state index in [2.05, 4.69) is 49.4 Å². The molecule has 1 aromatic heterocycles. The predicted molar refractivity (Wildman–Crippen MR) is 148 cm³/mol. The van der Waals surface area contributed by atoms with Crippen LogP contribution in [0.15, 0.2) is 47.7 Å². The van der Waals surface area contributed by atoms with Crippen LogP contribution >= 0.6 is 10.9 Å². The minimum Gasteiger partial charge on any atom is -0.348 e. The number of nitrogens with zero attached hydrogens (tertiary/aromatic N) is 3. The number of hydrogen-bond acceptors (Lipinski definition) is 3. The van der Waals surface area contributed by atoms with E-state index in [1.165, 1.54) is 16.5 Å². The summed E-state index contributed by atoms with van der Waals surface area (Å²) in [5.74, 6) is 4.57. The van der Waals surface area contributed by atoms with Crippen LogP contribution in [0, 0.1) is 0 Å². The molecule has 0 atom stereocenters. The number of fused-ring (bicyclic) bond motifs is 1. The molecule has 1 aliphatic heterocycles. The quantitative estimate of drug-likeness (QED) is 0.377. The third-order valence-electron chi connectivity index (χ3n) is 5.87. The van der Waals surface area contributed by atoms with E-state index in [1.54, 1.807) is 4.90 Å². The lowest BCUT2D eigenvalue weighted by Gasteiger charge is -2.25. The summed E-state index contributed by atoms with van der Waals surface area (Å²) in [4.78, 5) is 32.0. The molecule has 2 amide bonds. The molecule has 2 heterocycles. The van der Waals surface area contributed by atoms with E-state index in [4.69, 9.17) is 4.99 Å². The van der Waals surface area contributed by atoms with Gasteiger partial charge >= 0.3 is 0 Å². The van der Waals surface area contributed by atoms with E-state index in [0.29, 0.717) is 30.9 Å². The third-order valence-corrected chi connectivity index (χ3v) is 6.47. The largest absolute Gasteiger partial charge is 0.348 e. The lowest BCUT2D eigenvalue weighted by Crippen LogP contribution is -2.38. The number of rotatable bonds is 5. The SMILES string of the molecule is C=S=C(CNC(=O)c1ccn(C(C)(C)C)c1)N/C(C)=N/C(=C\C)c1ccc2c(c1)CC(=O)N(C)C2. The molecule has 1 aliphatic rings. The summed E-state index contributed by atoms with van der Waals surface area (Å²) < 4.78 is 2.02. The first-order chi connectivity index (χ1) is 16.5. The summed E-state index contributed by atoms with van der Waals surface area (Å²) in [6.07, 6.45) is 6.13. The first kappa shape index (κ1) is 26.2. The summed E-state index contributed by atoms with van der Waals surface area (Å²) in [7, 11) is 3.12. The van der Waals surface area contributed by atoms with E-state index in [1.807, 2.05) is 56.1 Å². The normalized spacial score (nSPS) is 14.5. The molecule has 0 aliphatic carbocycles. The van der Waals surface area contributed by atoms with Crippen molar-refractivity contribution in [3.8, 4) is 0 Å². The standard InChI is InChI=1S/C27H35N5O2S/c1-8-23(19-9-10-20-16-31(6)25(33)14-22(20)13-19)29-18(2)30-24(35-7)15-28-26(34)21-11-12-32(17-21)27(3,4)5/h8-13,17H,7,14-16H2,1-6H3,(H,28,34)(H,29,30)/b23-8-. The molecule has 7 nitrogen and oxygen atoms in total. The van der Waals surface area contributed by atoms with Gasteiger partial charge in [-0.15, -0.1) is 10.9 Å². The van der Waals surface area contributed by atoms with Gasteiger partial charge in [0.1, 0.15) is 5.84 Å². The molecular formula is C27H35N5O2S. The van der Waals surface area contributed by atoms with Crippen LogP contribution in [0.25, 0.3) is 5.70 Å². The Morgan fingerprint density at radius 3 is 2.60 bits per heavy atom. The lowest BCUT2D eigenvalue weighted by molar-refractivity contribution is -0.130. The zero-order valence-electron chi connectivity index (χ0n) is 21.4. The zero-order valence-corrected chi connectivity index (χ0v) is 22.3. The topological polar surface area (TPSA) is 78.7 Å². The first-order valence-corrected chi connectivity index (χ1v) is 12.6. The van der Waals surface area contributed by atoms with Crippen molar-refractivity contribution in [1.29, 1.82) is 0 Å². The van der Waals surface area contributed by atoms with Crippen molar-refractivity contribution in [1.82, 2.24) is 20.1 Å². The molecule has 0 saturated heterocycles. The van der Waals surface area contributed by atoms with Gasteiger partial charge in [0, 0.05) is 37.1 Å². The molecule has 0 unspecified atom stereocenters. The number of aliphatic imine (C=N–C) groups is 1. The predicted octanol–water partition coefficient (Wildman–Crippen LogP) is 3.85. The van der Waals surface area contributed by atoms with Crippen LogP contribution in [0.3, 0.4) is 0 Å². The van der Waals surface area contributed by atoms with Gasteiger partial charge < -0.3 is 20.1 Å². The van der Waals surface area contributed by atoms with Crippen LogP contribution in [0.1, 0.15) is 61.7 Å². The molecule has 1 aromatic carbocycles. The van der Waals surface area contributed by atoms with Crippen LogP contribution in [0.4, 0.5) is 0 Å². The average molecular weight is 494 g/mol. The number of carbonyl (C=O) groups is 2. The molecule has 2 N–H and O–H groups in total. The van der Waals surface area contributed by atoms with Gasteiger partial charge in [-0.3, -0.25) is 9.59 Å². The van der Waals surface area contributed by atoms with Crippen molar-refractivity contribution in [2.45, 2.75) is 53.1 Å². The van der Waals surface area contributed by atoms with Crippen LogP contribution in [-0.4, -0.2) is 51.6 Å². The lowest BCUT2D eigenvalue weighted by atomic mass is 9.96. The number of likely N-dealkylation sites (N-methyl/N-ethyl adjacent to an activating group) is 1. The fourth-order valence-corrected chi connectivity index (χ4v) is 4.19. The van der Waals surface area contributed by atoms with Gasteiger partial charge in [-0.25, -0.2) is 4.99 Å². The minimum atomic E-state index is -0.140. The van der Waals surface area contributed by atoms with Crippen molar-refractivity contribution in [3.63, 3.8) is 0 Å². The maximum absolute atomic E-state index is 12.6. The Morgan fingerprint density at radius 2 is 1.97 bits per heavy atom. The summed E-state index contributed by atoms with van der Waals surface area (Å²) >= 11 is 0. The van der Waals surface area contributed by atoms with Gasteiger partial charge in [-0.2, -0.15) is 0 Å². The molecule has 0 fully saturated rings. The van der Waals surface area contributed by atoms with Gasteiger partial charge in [0.15, 0.2) is 0 Å². The number of carbonyl (C=O) groups excluding carboxylic acids is 2. The number of aromatic nitrogens is 1. The smallest absolute Gasteiger partial charge is 0.253 e. The third kappa shape index (κ3) is 6.60. The Hall–Kier alpha value is -3.39. The minimum absolute atomic E-state index is 0.0808. The molecule has 0 spiro atoms. The maximum Gasteiger partial charge on any atom is 0.253 e. The Bertz CT molecular complexity index is 1240. The van der Waals surface area contributed by atoms with Crippen molar-refractivity contribution < 1.29 is 9.59 Å². The van der Waals surface area contributed by atoms with Crippen molar-refractivity contribution in [2.75, 3.05) is 13.6 Å². The molecule has 8 heteroatoms. The highest BCUT2D eigenvalue weighted by Crippen LogP contribution is 2.24. The Labute approximate surface area is 211 Å². The fraction of sp³-hybridized carbons (Fsp3) is 0.370. The monoisotopic (exact) mass is 493 g/mol. The van der Waals surface area contributed by atoms with Crippen molar-refractivity contribution in [3.05, 3.63) is 65.0 Å². The number of allylic oxidation sites excluding steroid dienone is 1. The number of benzene rings is 1. The summed E-state index contributed by atoms with van der Waals surface area (Å²) in [6.45, 7) is 11.0. The van der Waals surface area contributed by atoms with E-state index in [9.17, 15) is 9.59 Å². The fourth-order valence-electron chi connectivity index (χ4n) is 3.79. The highest BCUT2D eigenvalue weighted by atomic mass is 32.1. The summed E-state index contributed by atoms with van der Waals surface area (Å²) in [5, 5.41) is 6.20. The van der Waals surface area contributed by atoms with Crippen LogP contribution in [-0.2, 0) is 23.3 Å². The maximum atomic E-state index is 12.6. The van der Waals surface area contributed by atoms with E-state index in [0.717, 1.165) is 21.8 Å². The Kier molecular flexibility index (Phi) is 8.17. The van der Waals surface area contributed by atoms with Gasteiger partial charge in [0.2, 0.25) is 5.91 Å². The number of hydrogen-bond donors (Lipinski definition) is 2. The average Bonchev–Trinajstić information content (AvgIpc) is 3.32. The van der Waals surface area contributed by atoms with Gasteiger partial charge in [0.25, 0.3) is 5.91 Å². The van der Waals surface area contributed by atoms with Gasteiger partial charge in [-0.05, 0) is 63.7 Å². The van der Waals surface area contributed by atoms with Crippen LogP contribution in [0.2, 0.25) is 0 Å². The molecule has 2 aromatic rings. The summed E-state index contributed by atoms with van der Waals surface area (Å²) in [6, 6.07) is 7.98. The second kappa shape index (κ2) is 10.9. The zero-order chi connectivity index (χ0) is 25.8. The van der Waals surface area contributed by atoms with Gasteiger partial charge in [0.05, 0.1) is 29.2 Å². The Balaban J connectivity index is 1.65. The molecule has 35 heavy (non-hydrogen) atoms. The van der Waals surface area contributed by atoms with Crippen LogP contribution < -0.4 is 10.6 Å². The summed E-state index contributed by atoms with van der Waals surface area (Å²) in [5.41, 5.74) is 4.53. The second-order valence-electron chi connectivity index (χ2n) is 9.63. The number of amidine groups is 1. The van der Waals surface area contributed by atoms with Crippen LogP contribution in [0.5, 0.6) is 0 Å². The number of amides is 2. The number of nitrogens with one attached hydrogen (secondary N) is 2. The van der Waals surface area contributed by atoms with Crippen molar-refractivity contribution >= 4 is 45.1 Å². The molecule has 0 saturated carbocycles. The van der Waals surface area contributed by atoms with Crippen molar-refractivity contribution in [2.24, 2.45) is 4.99 Å². The first-order valence-electron chi connectivity index (χ1n) is 11.6. The Morgan fingerprint density at radius 1 is 1.23 bits per heavy atom. The highest BCUT2D eigenvalue weighted by molar-refractivity contribution is 7.96. The second-order valence-corrected chi connectivity index (χ2v) is 10.4. The molecule has 0 bridgehead atoms.